The van der Waals surface area contributed by atoms with Crippen molar-refractivity contribution in [2.45, 2.75) is 76.8 Å². The molecule has 0 spiro atoms. The van der Waals surface area contributed by atoms with Gasteiger partial charge in [0.25, 0.3) is 0 Å². The summed E-state index contributed by atoms with van der Waals surface area (Å²) in [7, 11) is 0. The van der Waals surface area contributed by atoms with Crippen LogP contribution >= 0.6 is 0 Å². The van der Waals surface area contributed by atoms with Gasteiger partial charge in [-0.15, -0.1) is 0 Å². The zero-order chi connectivity index (χ0) is 15.3. The molecule has 2 rings (SSSR count). The maximum Gasteiger partial charge on any atom is 0.237 e. The lowest BCUT2D eigenvalue weighted by Gasteiger charge is -2.33. The van der Waals surface area contributed by atoms with Crippen LogP contribution in [-0.4, -0.2) is 42.0 Å². The minimum Gasteiger partial charge on any atom is -0.368 e. The van der Waals surface area contributed by atoms with Gasteiger partial charge in [-0.1, -0.05) is 19.8 Å². The van der Waals surface area contributed by atoms with Crippen LogP contribution in [0.15, 0.2) is 0 Å². The second kappa shape index (κ2) is 7.59. The van der Waals surface area contributed by atoms with E-state index in [1.165, 1.54) is 38.6 Å². The molecule has 4 nitrogen and oxygen atoms in total. The molecule has 1 amide bonds. The Labute approximate surface area is 129 Å². The molecule has 1 aliphatic carbocycles. The average Bonchev–Trinajstić information content (AvgIpc) is 2.88. The number of likely N-dealkylation sites (tertiary alicyclic amines) is 1. The highest BCUT2D eigenvalue weighted by Gasteiger charge is 2.36. The Hall–Kier alpha value is -0.610. The Morgan fingerprint density at radius 1 is 1.33 bits per heavy atom. The van der Waals surface area contributed by atoms with Gasteiger partial charge in [0.1, 0.15) is 0 Å². The van der Waals surface area contributed by atoms with E-state index < -0.39 is 5.54 Å². The molecule has 1 heterocycles. The lowest BCUT2D eigenvalue weighted by atomic mass is 9.85. The van der Waals surface area contributed by atoms with Crippen LogP contribution in [0.3, 0.4) is 0 Å². The Bertz CT molecular complexity index is 347. The predicted octanol–water partition coefficient (Wildman–Crippen LogP) is 2.27. The van der Waals surface area contributed by atoms with Gasteiger partial charge in [-0.2, -0.15) is 0 Å². The molecule has 0 bridgehead atoms. The number of rotatable bonds is 8. The van der Waals surface area contributed by atoms with Crippen LogP contribution in [0.25, 0.3) is 0 Å². The van der Waals surface area contributed by atoms with Gasteiger partial charge in [0.05, 0.1) is 5.54 Å². The van der Waals surface area contributed by atoms with E-state index in [2.05, 4.69) is 17.1 Å². The monoisotopic (exact) mass is 295 g/mol. The first kappa shape index (κ1) is 16.8. The lowest BCUT2D eigenvalue weighted by molar-refractivity contribution is -0.124. The molecule has 3 N–H and O–H groups in total. The number of nitrogens with one attached hydrogen (secondary N) is 1. The van der Waals surface area contributed by atoms with E-state index in [1.54, 1.807) is 0 Å². The summed E-state index contributed by atoms with van der Waals surface area (Å²) in [6, 6.07) is 0.821. The van der Waals surface area contributed by atoms with E-state index in [9.17, 15) is 4.79 Å². The van der Waals surface area contributed by atoms with Crippen LogP contribution in [0.1, 0.15) is 65.2 Å². The summed E-state index contributed by atoms with van der Waals surface area (Å²) >= 11 is 0. The number of hydrogen-bond acceptors (Lipinski definition) is 3. The first-order chi connectivity index (χ1) is 10.1. The summed E-state index contributed by atoms with van der Waals surface area (Å²) in [5, 5.41) is 3.33. The molecule has 0 aromatic carbocycles. The molecule has 2 fully saturated rings. The third-order valence-corrected chi connectivity index (χ3v) is 5.56. The van der Waals surface area contributed by atoms with E-state index in [4.69, 9.17) is 5.73 Å². The normalized spacial score (nSPS) is 29.0. The van der Waals surface area contributed by atoms with Gasteiger partial charge in [-0.05, 0) is 71.0 Å². The van der Waals surface area contributed by atoms with Crippen molar-refractivity contribution >= 4 is 5.91 Å². The first-order valence-electron chi connectivity index (χ1n) is 8.86. The summed E-state index contributed by atoms with van der Waals surface area (Å²) in [6.07, 6.45) is 9.94. The fourth-order valence-corrected chi connectivity index (χ4v) is 4.12. The molecule has 122 valence electrons. The quantitative estimate of drug-likeness (QED) is 0.722. The smallest absolute Gasteiger partial charge is 0.237 e. The van der Waals surface area contributed by atoms with E-state index in [1.807, 2.05) is 6.92 Å². The number of fused-ring (bicyclic) bond motifs is 1. The van der Waals surface area contributed by atoms with Crippen LogP contribution < -0.4 is 11.1 Å². The molecule has 3 atom stereocenters. The van der Waals surface area contributed by atoms with Gasteiger partial charge in [0.2, 0.25) is 5.91 Å². The van der Waals surface area contributed by atoms with Gasteiger partial charge in [-0.25, -0.2) is 0 Å². The molecule has 0 aromatic rings. The van der Waals surface area contributed by atoms with Gasteiger partial charge in [0, 0.05) is 6.04 Å². The SMILES string of the molecule is CCCNC(C)(CCCN1CCC2CCCCC21)C(N)=O. The van der Waals surface area contributed by atoms with Crippen LogP contribution in [-0.2, 0) is 4.79 Å². The van der Waals surface area contributed by atoms with Gasteiger partial charge >= 0.3 is 0 Å². The van der Waals surface area contributed by atoms with Crippen LogP contribution in [0.5, 0.6) is 0 Å². The third kappa shape index (κ3) is 4.19. The van der Waals surface area contributed by atoms with Gasteiger partial charge < -0.3 is 16.0 Å². The molecular formula is C17H33N3O. The Kier molecular flexibility index (Phi) is 6.06. The number of primary amides is 1. The summed E-state index contributed by atoms with van der Waals surface area (Å²) in [5.74, 6) is 0.729. The number of carbonyl (C=O) groups excluding carboxylic acids is 1. The Morgan fingerprint density at radius 2 is 2.10 bits per heavy atom. The van der Waals surface area contributed by atoms with Crippen molar-refractivity contribution < 1.29 is 4.79 Å². The average molecular weight is 295 g/mol. The largest absolute Gasteiger partial charge is 0.368 e. The fourth-order valence-electron chi connectivity index (χ4n) is 4.12. The third-order valence-electron chi connectivity index (χ3n) is 5.56. The predicted molar refractivity (Wildman–Crippen MR) is 87.1 cm³/mol. The first-order valence-corrected chi connectivity index (χ1v) is 8.86. The van der Waals surface area contributed by atoms with Crippen molar-refractivity contribution in [2.24, 2.45) is 11.7 Å². The van der Waals surface area contributed by atoms with Gasteiger partial charge in [-0.3, -0.25) is 4.79 Å². The molecular weight excluding hydrogens is 262 g/mol. The topological polar surface area (TPSA) is 58.4 Å². The molecule has 0 radical (unpaired) electrons. The molecule has 1 aliphatic heterocycles. The molecule has 3 unspecified atom stereocenters. The minimum absolute atomic E-state index is 0.215. The summed E-state index contributed by atoms with van der Waals surface area (Å²) < 4.78 is 0. The van der Waals surface area contributed by atoms with Crippen LogP contribution in [0, 0.1) is 5.92 Å². The fraction of sp³-hybridized carbons (Fsp3) is 0.941. The van der Waals surface area contributed by atoms with Crippen molar-refractivity contribution in [3.63, 3.8) is 0 Å². The molecule has 1 saturated carbocycles. The van der Waals surface area contributed by atoms with E-state index in [0.29, 0.717) is 0 Å². The summed E-state index contributed by atoms with van der Waals surface area (Å²) in [6.45, 7) is 7.30. The van der Waals surface area contributed by atoms with E-state index >= 15 is 0 Å². The van der Waals surface area contributed by atoms with Crippen molar-refractivity contribution in [2.75, 3.05) is 19.6 Å². The van der Waals surface area contributed by atoms with Crippen LogP contribution in [0.4, 0.5) is 0 Å². The minimum atomic E-state index is -0.540. The Morgan fingerprint density at radius 3 is 2.81 bits per heavy atom. The second-order valence-corrected chi connectivity index (χ2v) is 7.16. The maximum atomic E-state index is 11.7. The molecule has 4 heteroatoms. The second-order valence-electron chi connectivity index (χ2n) is 7.16. The number of hydrogen-bond donors (Lipinski definition) is 2. The van der Waals surface area contributed by atoms with Gasteiger partial charge in [0.15, 0.2) is 0 Å². The number of nitrogens with two attached hydrogens (primary N) is 1. The Balaban J connectivity index is 1.78. The highest BCUT2D eigenvalue weighted by Crippen LogP contribution is 2.36. The van der Waals surface area contributed by atoms with Crippen molar-refractivity contribution in [1.82, 2.24) is 10.2 Å². The van der Waals surface area contributed by atoms with E-state index in [-0.39, 0.29) is 5.91 Å². The zero-order valence-electron chi connectivity index (χ0n) is 13.9. The standard InChI is InChI=1S/C17H33N3O/c1-3-11-19-17(2,16(18)21)10-6-12-20-13-9-14-7-4-5-8-15(14)20/h14-15,19H,3-13H2,1-2H3,(H2,18,21). The molecule has 2 aliphatic rings. The van der Waals surface area contributed by atoms with Crippen molar-refractivity contribution in [3.05, 3.63) is 0 Å². The highest BCUT2D eigenvalue weighted by atomic mass is 16.1. The summed E-state index contributed by atoms with van der Waals surface area (Å²) in [5.41, 5.74) is 5.06. The number of nitrogens with zero attached hydrogens (tertiary/aromatic N) is 1. The van der Waals surface area contributed by atoms with Crippen LogP contribution in [0.2, 0.25) is 0 Å². The molecule has 1 saturated heterocycles. The molecule has 0 aromatic heterocycles. The maximum absolute atomic E-state index is 11.7. The van der Waals surface area contributed by atoms with Crippen molar-refractivity contribution in [3.8, 4) is 0 Å². The number of amides is 1. The lowest BCUT2D eigenvalue weighted by Crippen LogP contribution is -2.53. The summed E-state index contributed by atoms with van der Waals surface area (Å²) in [4.78, 5) is 14.4. The number of carbonyl (C=O) groups is 1. The van der Waals surface area contributed by atoms with E-state index in [0.717, 1.165) is 44.3 Å². The zero-order valence-corrected chi connectivity index (χ0v) is 13.9. The molecule has 21 heavy (non-hydrogen) atoms. The van der Waals surface area contributed by atoms with Crippen molar-refractivity contribution in [1.29, 1.82) is 0 Å². The highest BCUT2D eigenvalue weighted by molar-refractivity contribution is 5.84.